The Kier molecular flexibility index (Phi) is 6.00. The third kappa shape index (κ3) is 4.18. The molecule has 0 radical (unpaired) electrons. The molecule has 7 nitrogen and oxygen atoms in total. The van der Waals surface area contributed by atoms with Crippen LogP contribution in [0.4, 0.5) is 0 Å². The van der Waals surface area contributed by atoms with Crippen molar-refractivity contribution in [2.24, 2.45) is 0 Å². The number of aromatic nitrogens is 1. The Balaban J connectivity index is 1.69. The van der Waals surface area contributed by atoms with Gasteiger partial charge in [-0.25, -0.2) is 8.42 Å². The van der Waals surface area contributed by atoms with E-state index in [0.29, 0.717) is 37.4 Å². The third-order valence-corrected chi connectivity index (χ3v) is 7.00. The van der Waals surface area contributed by atoms with Gasteiger partial charge < -0.3 is 10.1 Å². The van der Waals surface area contributed by atoms with Gasteiger partial charge in [0.05, 0.1) is 7.11 Å². The lowest BCUT2D eigenvalue weighted by Crippen LogP contribution is -2.46. The van der Waals surface area contributed by atoms with Gasteiger partial charge in [0.25, 0.3) is 5.91 Å². The summed E-state index contributed by atoms with van der Waals surface area (Å²) in [5.41, 5.74) is 2.24. The maximum absolute atomic E-state index is 13.1. The van der Waals surface area contributed by atoms with Crippen LogP contribution in [0.5, 0.6) is 5.75 Å². The van der Waals surface area contributed by atoms with Gasteiger partial charge >= 0.3 is 0 Å². The molecule has 2 heterocycles. The van der Waals surface area contributed by atoms with Gasteiger partial charge in [-0.15, -0.1) is 0 Å². The van der Waals surface area contributed by atoms with Crippen LogP contribution in [0.2, 0.25) is 0 Å². The number of amides is 1. The molecule has 1 aromatic carbocycles. The van der Waals surface area contributed by atoms with Crippen molar-refractivity contribution in [1.82, 2.24) is 14.6 Å². The molecule has 0 atom stereocenters. The highest BCUT2D eigenvalue weighted by Gasteiger charge is 2.32. The molecule has 1 fully saturated rings. The molecule has 1 amide bonds. The number of carbonyl (C=O) groups is 1. The molecule has 1 aromatic heterocycles. The number of ether oxygens (including phenoxy) is 1. The number of nitrogens with zero attached hydrogens (tertiary/aromatic N) is 2. The average Bonchev–Trinajstić information content (AvgIpc) is 2.70. The predicted molar refractivity (Wildman–Crippen MR) is 106 cm³/mol. The van der Waals surface area contributed by atoms with E-state index in [2.05, 4.69) is 10.3 Å². The molecule has 0 unspecified atom stereocenters. The number of pyridine rings is 1. The van der Waals surface area contributed by atoms with Gasteiger partial charge in [0, 0.05) is 25.3 Å². The first-order chi connectivity index (χ1) is 13.3. The average molecular weight is 404 g/mol. The second-order valence-corrected chi connectivity index (χ2v) is 8.86. The number of piperidine rings is 1. The Labute approximate surface area is 165 Å². The second-order valence-electron chi connectivity index (χ2n) is 6.95. The fraction of sp³-hybridized carbons (Fsp3) is 0.400. The van der Waals surface area contributed by atoms with Crippen molar-refractivity contribution < 1.29 is 17.9 Å². The van der Waals surface area contributed by atoms with E-state index in [1.807, 2.05) is 13.8 Å². The van der Waals surface area contributed by atoms with Gasteiger partial charge in [0.15, 0.2) is 0 Å². The quantitative estimate of drug-likeness (QED) is 0.827. The molecular weight excluding hydrogens is 378 g/mol. The summed E-state index contributed by atoms with van der Waals surface area (Å²) in [6.45, 7) is 4.48. The smallest absolute Gasteiger partial charge is 0.270 e. The number of aryl methyl sites for hydroxylation is 2. The molecule has 3 rings (SSSR count). The molecule has 2 aromatic rings. The molecule has 8 heteroatoms. The van der Waals surface area contributed by atoms with Crippen LogP contribution in [0, 0.1) is 13.8 Å². The zero-order chi connectivity index (χ0) is 20.3. The van der Waals surface area contributed by atoms with Gasteiger partial charge in [0.1, 0.15) is 16.3 Å². The van der Waals surface area contributed by atoms with E-state index in [4.69, 9.17) is 4.74 Å². The predicted octanol–water partition coefficient (Wildman–Crippen LogP) is 2.29. The largest absolute Gasteiger partial charge is 0.495 e. The van der Waals surface area contributed by atoms with Crippen LogP contribution in [-0.4, -0.2) is 49.9 Å². The Morgan fingerprint density at radius 1 is 1.18 bits per heavy atom. The molecule has 0 aliphatic carbocycles. The number of rotatable bonds is 5. The second kappa shape index (κ2) is 8.28. The lowest BCUT2D eigenvalue weighted by molar-refractivity contribution is 0.0919. The van der Waals surface area contributed by atoms with Crippen molar-refractivity contribution in [2.75, 3.05) is 20.2 Å². The first kappa shape index (κ1) is 20.3. The maximum Gasteiger partial charge on any atom is 0.270 e. The van der Waals surface area contributed by atoms with E-state index >= 15 is 0 Å². The van der Waals surface area contributed by atoms with Gasteiger partial charge in [-0.05, 0) is 62.1 Å². The van der Waals surface area contributed by atoms with E-state index in [1.54, 1.807) is 36.5 Å². The number of hydrogen-bond acceptors (Lipinski definition) is 5. The Morgan fingerprint density at radius 3 is 2.46 bits per heavy atom. The van der Waals surface area contributed by atoms with Gasteiger partial charge in [-0.2, -0.15) is 4.31 Å². The standard InChI is InChI=1S/C20H25N3O4S/c1-14-12-18(27-3)19(13-15(14)2)28(25,26)23-10-7-16(8-11-23)22-20(24)17-6-4-5-9-21-17/h4-6,9,12-13,16H,7-8,10-11H2,1-3H3,(H,22,24). The van der Waals surface area contributed by atoms with Crippen molar-refractivity contribution in [3.05, 3.63) is 53.3 Å². The zero-order valence-corrected chi connectivity index (χ0v) is 17.1. The van der Waals surface area contributed by atoms with Gasteiger partial charge in [0.2, 0.25) is 10.0 Å². The van der Waals surface area contributed by atoms with Crippen molar-refractivity contribution in [1.29, 1.82) is 0 Å². The Bertz CT molecular complexity index is 953. The Morgan fingerprint density at radius 2 is 1.86 bits per heavy atom. The first-order valence-corrected chi connectivity index (χ1v) is 10.6. The third-order valence-electron chi connectivity index (χ3n) is 5.08. The first-order valence-electron chi connectivity index (χ1n) is 9.20. The monoisotopic (exact) mass is 403 g/mol. The van der Waals surface area contributed by atoms with Crippen LogP contribution in [-0.2, 0) is 10.0 Å². The normalized spacial score (nSPS) is 16.0. The summed E-state index contributed by atoms with van der Waals surface area (Å²) in [4.78, 5) is 16.5. The lowest BCUT2D eigenvalue weighted by Gasteiger charge is -2.32. The van der Waals surface area contributed by atoms with E-state index in [0.717, 1.165) is 11.1 Å². The Hall–Kier alpha value is -2.45. The molecule has 150 valence electrons. The highest BCUT2D eigenvalue weighted by molar-refractivity contribution is 7.89. The van der Waals surface area contributed by atoms with E-state index < -0.39 is 10.0 Å². The summed E-state index contributed by atoms with van der Waals surface area (Å²) in [6.07, 6.45) is 2.66. The minimum absolute atomic E-state index is 0.0809. The van der Waals surface area contributed by atoms with Crippen LogP contribution in [0.25, 0.3) is 0 Å². The fourth-order valence-electron chi connectivity index (χ4n) is 3.26. The van der Waals surface area contributed by atoms with Crippen LogP contribution in [0.1, 0.15) is 34.5 Å². The summed E-state index contributed by atoms with van der Waals surface area (Å²) in [6, 6.07) is 8.50. The minimum atomic E-state index is -3.66. The maximum atomic E-state index is 13.1. The summed E-state index contributed by atoms with van der Waals surface area (Å²) in [5.74, 6) is 0.117. The van der Waals surface area contributed by atoms with Crippen molar-refractivity contribution in [3.63, 3.8) is 0 Å². The zero-order valence-electron chi connectivity index (χ0n) is 16.3. The fourth-order valence-corrected chi connectivity index (χ4v) is 4.95. The van der Waals surface area contributed by atoms with Crippen LogP contribution >= 0.6 is 0 Å². The number of benzene rings is 1. The van der Waals surface area contributed by atoms with Crippen LogP contribution in [0.3, 0.4) is 0 Å². The molecule has 28 heavy (non-hydrogen) atoms. The molecule has 0 spiro atoms. The molecule has 1 aliphatic heterocycles. The number of methoxy groups -OCH3 is 1. The molecule has 0 bridgehead atoms. The van der Waals surface area contributed by atoms with Crippen molar-refractivity contribution in [2.45, 2.75) is 37.6 Å². The van der Waals surface area contributed by atoms with E-state index in [1.165, 1.54) is 11.4 Å². The summed E-state index contributed by atoms with van der Waals surface area (Å²) < 4.78 is 33.0. The van der Waals surface area contributed by atoms with Crippen molar-refractivity contribution in [3.8, 4) is 5.75 Å². The highest BCUT2D eigenvalue weighted by atomic mass is 32.2. The van der Waals surface area contributed by atoms with Crippen LogP contribution < -0.4 is 10.1 Å². The molecule has 1 N–H and O–H groups in total. The number of carbonyl (C=O) groups excluding carboxylic acids is 1. The van der Waals surface area contributed by atoms with E-state index in [-0.39, 0.29) is 16.8 Å². The molecule has 1 saturated heterocycles. The van der Waals surface area contributed by atoms with E-state index in [9.17, 15) is 13.2 Å². The SMILES string of the molecule is COc1cc(C)c(C)cc1S(=O)(=O)N1CCC(NC(=O)c2ccccn2)CC1. The van der Waals surface area contributed by atoms with Gasteiger partial charge in [-0.3, -0.25) is 9.78 Å². The number of sulfonamides is 1. The molecule has 0 saturated carbocycles. The summed E-state index contributed by atoms with van der Waals surface area (Å²) >= 11 is 0. The highest BCUT2D eigenvalue weighted by Crippen LogP contribution is 2.31. The lowest BCUT2D eigenvalue weighted by atomic mass is 10.1. The van der Waals surface area contributed by atoms with Crippen LogP contribution in [0.15, 0.2) is 41.4 Å². The molecular formula is C20H25N3O4S. The molecule has 1 aliphatic rings. The number of nitrogens with one attached hydrogen (secondary N) is 1. The summed E-state index contributed by atoms with van der Waals surface area (Å²) in [5, 5.41) is 2.94. The van der Waals surface area contributed by atoms with Crippen molar-refractivity contribution >= 4 is 15.9 Å². The topological polar surface area (TPSA) is 88.6 Å². The number of hydrogen-bond donors (Lipinski definition) is 1. The summed E-state index contributed by atoms with van der Waals surface area (Å²) in [7, 11) is -2.19. The van der Waals surface area contributed by atoms with Gasteiger partial charge in [-0.1, -0.05) is 6.07 Å². The minimum Gasteiger partial charge on any atom is -0.495 e.